The second-order valence-electron chi connectivity index (χ2n) is 6.43. The maximum Gasteiger partial charge on any atom is 0.128 e. The van der Waals surface area contributed by atoms with Gasteiger partial charge in [0.15, 0.2) is 0 Å². The third kappa shape index (κ3) is 3.82. The first-order chi connectivity index (χ1) is 11.1. The van der Waals surface area contributed by atoms with E-state index in [1.807, 2.05) is 13.0 Å². The van der Waals surface area contributed by atoms with E-state index in [1.54, 1.807) is 6.07 Å². The molecule has 6 heteroatoms. The van der Waals surface area contributed by atoms with Gasteiger partial charge in [-0.1, -0.05) is 0 Å². The largest absolute Gasteiger partial charge is 0.386 e. The summed E-state index contributed by atoms with van der Waals surface area (Å²) < 4.78 is 25.3. The second-order valence-corrected chi connectivity index (χ2v) is 6.43. The normalized spacial score (nSPS) is 28.8. The first-order valence-corrected chi connectivity index (χ1v) is 8.13. The van der Waals surface area contributed by atoms with Crippen LogP contribution in [0.2, 0.25) is 0 Å². The molecule has 126 valence electrons. The van der Waals surface area contributed by atoms with Crippen molar-refractivity contribution in [3.8, 4) is 0 Å². The van der Waals surface area contributed by atoms with E-state index in [2.05, 4.69) is 10.3 Å². The third-order valence-corrected chi connectivity index (χ3v) is 4.45. The molecule has 0 radical (unpaired) electrons. The van der Waals surface area contributed by atoms with Crippen molar-refractivity contribution < 1.29 is 13.9 Å². The van der Waals surface area contributed by atoms with Gasteiger partial charge >= 0.3 is 0 Å². The Morgan fingerprint density at radius 1 is 1.35 bits per heavy atom. The Balaban J connectivity index is 1.86. The number of nitrogens with zero attached hydrogens (tertiary/aromatic N) is 1. The van der Waals surface area contributed by atoms with Crippen LogP contribution in [0.5, 0.6) is 0 Å². The number of rotatable bonds is 3. The molecule has 0 bridgehead atoms. The number of halogens is 1. The molecular weight excluding hydrogens is 297 g/mol. The van der Waals surface area contributed by atoms with Gasteiger partial charge in [-0.3, -0.25) is 4.99 Å². The van der Waals surface area contributed by atoms with Crippen molar-refractivity contribution in [2.75, 3.05) is 31.7 Å². The summed E-state index contributed by atoms with van der Waals surface area (Å²) in [6.45, 7) is 4.21. The summed E-state index contributed by atoms with van der Waals surface area (Å²) in [5.41, 5.74) is 6.59. The first kappa shape index (κ1) is 16.2. The van der Waals surface area contributed by atoms with Crippen LogP contribution in [0.4, 0.5) is 10.1 Å². The van der Waals surface area contributed by atoms with E-state index in [4.69, 9.17) is 15.2 Å². The van der Waals surface area contributed by atoms with Gasteiger partial charge in [0, 0.05) is 30.5 Å². The smallest absolute Gasteiger partial charge is 0.128 e. The van der Waals surface area contributed by atoms with Crippen molar-refractivity contribution >= 4 is 11.5 Å². The minimum atomic E-state index is -0.703. The number of ether oxygens (including phenoxy) is 2. The molecule has 1 fully saturated rings. The first-order valence-electron chi connectivity index (χ1n) is 8.13. The number of hydrogen-bond donors (Lipinski definition) is 2. The number of hydrogen-bond acceptors (Lipinski definition) is 5. The molecule has 3 rings (SSSR count). The molecule has 1 aromatic rings. The molecule has 2 aliphatic rings. The van der Waals surface area contributed by atoms with Crippen LogP contribution in [0, 0.1) is 5.82 Å². The summed E-state index contributed by atoms with van der Waals surface area (Å²) in [5, 5.41) is 3.43. The van der Waals surface area contributed by atoms with Gasteiger partial charge in [-0.15, -0.1) is 0 Å². The summed E-state index contributed by atoms with van der Waals surface area (Å²) in [6.07, 6.45) is 2.70. The Morgan fingerprint density at radius 3 is 3.00 bits per heavy atom. The quantitative estimate of drug-likeness (QED) is 0.897. The Labute approximate surface area is 136 Å². The van der Waals surface area contributed by atoms with Crippen molar-refractivity contribution in [3.05, 3.63) is 29.6 Å². The van der Waals surface area contributed by atoms with Crippen LogP contribution in [0.1, 0.15) is 31.7 Å². The molecule has 3 N–H and O–H groups in total. The van der Waals surface area contributed by atoms with Crippen molar-refractivity contribution in [1.82, 2.24) is 0 Å². The fourth-order valence-corrected chi connectivity index (χ4v) is 3.17. The Bertz CT molecular complexity index is 587. The van der Waals surface area contributed by atoms with Crippen LogP contribution in [-0.2, 0) is 15.0 Å². The van der Waals surface area contributed by atoms with E-state index in [0.29, 0.717) is 37.6 Å². The number of nitrogens with one attached hydrogen (secondary N) is 1. The lowest BCUT2D eigenvalue weighted by Crippen LogP contribution is -2.30. The highest BCUT2D eigenvalue weighted by Crippen LogP contribution is 2.34. The Kier molecular flexibility index (Phi) is 4.82. The highest BCUT2D eigenvalue weighted by Gasteiger charge is 2.31. The zero-order chi connectivity index (χ0) is 16.3. The predicted octanol–water partition coefficient (Wildman–Crippen LogP) is 2.41. The average Bonchev–Trinajstić information content (AvgIpc) is 2.71. The third-order valence-electron chi connectivity index (χ3n) is 4.45. The van der Waals surface area contributed by atoms with E-state index in [0.717, 1.165) is 25.1 Å². The van der Waals surface area contributed by atoms with Crippen molar-refractivity contribution in [2.45, 2.75) is 37.8 Å². The molecule has 2 atom stereocenters. The van der Waals surface area contributed by atoms with Gasteiger partial charge < -0.3 is 20.5 Å². The molecule has 1 unspecified atom stereocenters. The van der Waals surface area contributed by atoms with Crippen LogP contribution in [-0.4, -0.2) is 38.3 Å². The summed E-state index contributed by atoms with van der Waals surface area (Å²) in [7, 11) is 0. The van der Waals surface area contributed by atoms with Crippen molar-refractivity contribution in [3.63, 3.8) is 0 Å². The molecule has 2 heterocycles. The van der Waals surface area contributed by atoms with E-state index < -0.39 is 5.54 Å². The SMILES string of the molecule is C[C@@]1(c2cc(NC3CCCOC3)ccc2F)CCOCC(N)=N1. The molecule has 2 aliphatic heterocycles. The van der Waals surface area contributed by atoms with Gasteiger partial charge in [-0.2, -0.15) is 0 Å². The standard InChI is InChI=1S/C17H24FN3O2/c1-17(6-8-23-11-16(19)21-17)14-9-12(4-5-15(14)18)20-13-3-2-7-22-10-13/h4-5,9,13,20H,2-3,6-8,10-11H2,1H3,(H2,19,21)/t13?,17-/m0/s1. The van der Waals surface area contributed by atoms with Crippen LogP contribution >= 0.6 is 0 Å². The van der Waals surface area contributed by atoms with Crippen LogP contribution < -0.4 is 11.1 Å². The zero-order valence-corrected chi connectivity index (χ0v) is 13.5. The molecule has 0 amide bonds. The number of aliphatic imine (C=N–C) groups is 1. The van der Waals surface area contributed by atoms with Crippen LogP contribution in [0.3, 0.4) is 0 Å². The molecule has 5 nitrogen and oxygen atoms in total. The molecule has 1 saturated heterocycles. The summed E-state index contributed by atoms with van der Waals surface area (Å²) in [6, 6.07) is 5.36. The highest BCUT2D eigenvalue weighted by molar-refractivity contribution is 5.82. The summed E-state index contributed by atoms with van der Waals surface area (Å²) in [4.78, 5) is 4.50. The minimum Gasteiger partial charge on any atom is -0.386 e. The van der Waals surface area contributed by atoms with Crippen molar-refractivity contribution in [1.29, 1.82) is 0 Å². The van der Waals surface area contributed by atoms with Gasteiger partial charge in [-0.05, 0) is 44.4 Å². The monoisotopic (exact) mass is 321 g/mol. The fourth-order valence-electron chi connectivity index (χ4n) is 3.17. The Morgan fingerprint density at radius 2 is 2.22 bits per heavy atom. The van der Waals surface area contributed by atoms with E-state index >= 15 is 0 Å². The lowest BCUT2D eigenvalue weighted by molar-refractivity contribution is 0.0876. The number of anilines is 1. The topological polar surface area (TPSA) is 68.9 Å². The summed E-state index contributed by atoms with van der Waals surface area (Å²) >= 11 is 0. The lowest BCUT2D eigenvalue weighted by Gasteiger charge is -2.27. The molecule has 1 aromatic carbocycles. The van der Waals surface area contributed by atoms with Gasteiger partial charge in [0.25, 0.3) is 0 Å². The maximum atomic E-state index is 14.4. The minimum absolute atomic E-state index is 0.265. The maximum absolute atomic E-state index is 14.4. The summed E-state index contributed by atoms with van der Waals surface area (Å²) in [5.74, 6) is 0.139. The zero-order valence-electron chi connectivity index (χ0n) is 13.5. The number of benzene rings is 1. The molecule has 0 saturated carbocycles. The Hall–Kier alpha value is -1.66. The van der Waals surface area contributed by atoms with Gasteiger partial charge in [-0.25, -0.2) is 4.39 Å². The second kappa shape index (κ2) is 6.84. The lowest BCUT2D eigenvalue weighted by atomic mass is 9.88. The number of nitrogens with two attached hydrogens (primary N) is 1. The molecule has 23 heavy (non-hydrogen) atoms. The highest BCUT2D eigenvalue weighted by atomic mass is 19.1. The van der Waals surface area contributed by atoms with Crippen LogP contribution in [0.25, 0.3) is 0 Å². The molecule has 0 aromatic heterocycles. The molecule has 0 spiro atoms. The van der Waals surface area contributed by atoms with Crippen molar-refractivity contribution in [2.24, 2.45) is 10.7 Å². The van der Waals surface area contributed by atoms with E-state index in [1.165, 1.54) is 6.07 Å². The number of amidine groups is 1. The molecule has 0 aliphatic carbocycles. The predicted molar refractivity (Wildman–Crippen MR) is 88.3 cm³/mol. The average molecular weight is 321 g/mol. The van der Waals surface area contributed by atoms with Gasteiger partial charge in [0.2, 0.25) is 0 Å². The van der Waals surface area contributed by atoms with Gasteiger partial charge in [0.05, 0.1) is 12.1 Å². The van der Waals surface area contributed by atoms with E-state index in [-0.39, 0.29) is 11.9 Å². The van der Waals surface area contributed by atoms with Crippen LogP contribution in [0.15, 0.2) is 23.2 Å². The van der Waals surface area contributed by atoms with Gasteiger partial charge in [0.1, 0.15) is 18.3 Å². The van der Waals surface area contributed by atoms with E-state index in [9.17, 15) is 4.39 Å². The molecular formula is C17H24FN3O2. The fraction of sp³-hybridized carbons (Fsp3) is 0.588.